The predicted molar refractivity (Wildman–Crippen MR) is 86.8 cm³/mol. The molecule has 0 bridgehead atoms. The summed E-state index contributed by atoms with van der Waals surface area (Å²) >= 11 is 0. The summed E-state index contributed by atoms with van der Waals surface area (Å²) in [5.74, 6) is 0.562. The molecule has 0 unspecified atom stereocenters. The maximum absolute atomic E-state index is 9.06. The molecule has 1 aromatic heterocycles. The van der Waals surface area contributed by atoms with Crippen molar-refractivity contribution < 1.29 is 0 Å². The van der Waals surface area contributed by atoms with Crippen LogP contribution in [0.5, 0.6) is 0 Å². The zero-order valence-corrected chi connectivity index (χ0v) is 12.6. The fourth-order valence-electron chi connectivity index (χ4n) is 2.75. The average Bonchev–Trinajstić information content (AvgIpc) is 2.63. The molecule has 1 N–H and O–H groups in total. The SMILES string of the molecule is N#Cc1ccc(N2CCC(Nc3nccnc3C#N)CC2)cc1. The van der Waals surface area contributed by atoms with Crippen molar-refractivity contribution in [2.45, 2.75) is 18.9 Å². The van der Waals surface area contributed by atoms with Gasteiger partial charge in [-0.3, -0.25) is 0 Å². The summed E-state index contributed by atoms with van der Waals surface area (Å²) in [6, 6.07) is 12.1. The summed E-state index contributed by atoms with van der Waals surface area (Å²) in [4.78, 5) is 10.5. The number of aromatic nitrogens is 2. The number of rotatable bonds is 3. The standard InChI is InChI=1S/C17H16N6/c18-11-13-1-3-15(4-2-13)23-9-5-14(6-10-23)22-17-16(12-19)20-7-8-21-17/h1-4,7-8,14H,5-6,9-10H2,(H,21,22). The van der Waals surface area contributed by atoms with Crippen molar-refractivity contribution in [1.29, 1.82) is 10.5 Å². The second-order valence-electron chi connectivity index (χ2n) is 5.43. The Labute approximate surface area is 135 Å². The molecule has 1 saturated heterocycles. The first-order valence-electron chi connectivity index (χ1n) is 7.53. The van der Waals surface area contributed by atoms with E-state index in [-0.39, 0.29) is 6.04 Å². The molecule has 23 heavy (non-hydrogen) atoms. The molecule has 1 aromatic carbocycles. The molecule has 1 aliphatic heterocycles. The van der Waals surface area contributed by atoms with Crippen LogP contribution in [-0.4, -0.2) is 29.1 Å². The van der Waals surface area contributed by atoms with Crippen molar-refractivity contribution in [2.24, 2.45) is 0 Å². The summed E-state index contributed by atoms with van der Waals surface area (Å²) in [6.45, 7) is 1.84. The van der Waals surface area contributed by atoms with Crippen molar-refractivity contribution >= 4 is 11.5 Å². The summed E-state index contributed by atoms with van der Waals surface area (Å²) < 4.78 is 0. The number of hydrogen-bond donors (Lipinski definition) is 1. The molecule has 0 amide bonds. The lowest BCUT2D eigenvalue weighted by Crippen LogP contribution is -2.39. The van der Waals surface area contributed by atoms with E-state index in [0.29, 0.717) is 17.1 Å². The third-order valence-corrected chi connectivity index (χ3v) is 4.00. The molecule has 0 spiro atoms. The van der Waals surface area contributed by atoms with E-state index < -0.39 is 0 Å². The fourth-order valence-corrected chi connectivity index (χ4v) is 2.75. The lowest BCUT2D eigenvalue weighted by Gasteiger charge is -2.34. The lowest BCUT2D eigenvalue weighted by molar-refractivity contribution is 0.525. The molecule has 3 rings (SSSR count). The van der Waals surface area contributed by atoms with Gasteiger partial charge in [0, 0.05) is 37.2 Å². The van der Waals surface area contributed by atoms with Gasteiger partial charge in [-0.2, -0.15) is 10.5 Å². The molecule has 2 heterocycles. The van der Waals surface area contributed by atoms with E-state index in [2.05, 4.69) is 32.3 Å². The summed E-state index contributed by atoms with van der Waals surface area (Å²) in [7, 11) is 0. The second-order valence-corrected chi connectivity index (χ2v) is 5.43. The Morgan fingerprint density at radius 3 is 2.35 bits per heavy atom. The second kappa shape index (κ2) is 6.76. The molecular weight excluding hydrogens is 288 g/mol. The van der Waals surface area contributed by atoms with Gasteiger partial charge in [0.1, 0.15) is 6.07 Å². The van der Waals surface area contributed by atoms with E-state index in [9.17, 15) is 0 Å². The Bertz CT molecular complexity index is 748. The molecule has 0 saturated carbocycles. The highest BCUT2D eigenvalue weighted by Gasteiger charge is 2.20. The number of hydrogen-bond acceptors (Lipinski definition) is 6. The van der Waals surface area contributed by atoms with Crippen molar-refractivity contribution in [3.63, 3.8) is 0 Å². The quantitative estimate of drug-likeness (QED) is 0.936. The summed E-state index contributed by atoms with van der Waals surface area (Å²) in [5.41, 5.74) is 2.15. The third kappa shape index (κ3) is 3.38. The zero-order valence-electron chi connectivity index (χ0n) is 12.6. The predicted octanol–water partition coefficient (Wildman–Crippen LogP) is 2.30. The van der Waals surface area contributed by atoms with Gasteiger partial charge in [0.2, 0.25) is 0 Å². The monoisotopic (exact) mass is 304 g/mol. The summed E-state index contributed by atoms with van der Waals surface area (Å²) in [6.07, 6.45) is 5.04. The molecule has 1 fully saturated rings. The van der Waals surface area contributed by atoms with Crippen LogP contribution in [0.1, 0.15) is 24.1 Å². The topological polar surface area (TPSA) is 88.6 Å². The minimum absolute atomic E-state index is 0.286. The molecule has 6 nitrogen and oxygen atoms in total. The van der Waals surface area contributed by atoms with Crippen molar-refractivity contribution in [3.8, 4) is 12.1 Å². The molecule has 0 aliphatic carbocycles. The van der Waals surface area contributed by atoms with Gasteiger partial charge in [-0.25, -0.2) is 9.97 Å². The highest BCUT2D eigenvalue weighted by molar-refractivity contribution is 5.51. The summed E-state index contributed by atoms with van der Waals surface area (Å²) in [5, 5.41) is 21.2. The molecular formula is C17H16N6. The van der Waals surface area contributed by atoms with E-state index in [1.54, 1.807) is 6.20 Å². The first-order valence-corrected chi connectivity index (χ1v) is 7.53. The van der Waals surface area contributed by atoms with Crippen molar-refractivity contribution in [3.05, 3.63) is 47.9 Å². The van der Waals surface area contributed by atoms with Crippen LogP contribution in [0.15, 0.2) is 36.7 Å². The number of piperidine rings is 1. The van der Waals surface area contributed by atoms with Crippen LogP contribution in [0.4, 0.5) is 11.5 Å². The number of nitrogens with one attached hydrogen (secondary N) is 1. The first kappa shape index (κ1) is 14.8. The van der Waals surface area contributed by atoms with Gasteiger partial charge in [0.25, 0.3) is 0 Å². The van der Waals surface area contributed by atoms with E-state index >= 15 is 0 Å². The number of anilines is 2. The first-order chi connectivity index (χ1) is 11.3. The van der Waals surface area contributed by atoms with Gasteiger partial charge in [0.15, 0.2) is 11.5 Å². The lowest BCUT2D eigenvalue weighted by atomic mass is 10.0. The number of benzene rings is 1. The van der Waals surface area contributed by atoms with Crippen molar-refractivity contribution in [1.82, 2.24) is 9.97 Å². The molecule has 6 heteroatoms. The van der Waals surface area contributed by atoms with Crippen molar-refractivity contribution in [2.75, 3.05) is 23.3 Å². The Hall–Kier alpha value is -3.12. The Morgan fingerprint density at radius 1 is 1.00 bits per heavy atom. The van der Waals surface area contributed by atoms with Gasteiger partial charge in [-0.1, -0.05) is 0 Å². The Balaban J connectivity index is 1.60. The van der Waals surface area contributed by atoms with Crippen LogP contribution in [0.2, 0.25) is 0 Å². The maximum atomic E-state index is 9.06. The minimum Gasteiger partial charge on any atom is -0.371 e. The number of nitrogens with zero attached hydrogens (tertiary/aromatic N) is 5. The Kier molecular flexibility index (Phi) is 4.35. The maximum Gasteiger partial charge on any atom is 0.182 e. The molecule has 0 atom stereocenters. The van der Waals surface area contributed by atoms with Crippen LogP contribution in [0, 0.1) is 22.7 Å². The largest absolute Gasteiger partial charge is 0.371 e. The van der Waals surface area contributed by atoms with Gasteiger partial charge in [-0.15, -0.1) is 0 Å². The molecule has 2 aromatic rings. The average molecular weight is 304 g/mol. The van der Waals surface area contributed by atoms with E-state index in [1.165, 1.54) is 6.20 Å². The van der Waals surface area contributed by atoms with E-state index in [4.69, 9.17) is 10.5 Å². The van der Waals surface area contributed by atoms with Crippen LogP contribution in [0.25, 0.3) is 0 Å². The van der Waals surface area contributed by atoms with E-state index in [0.717, 1.165) is 31.6 Å². The van der Waals surface area contributed by atoms with Crippen LogP contribution in [0.3, 0.4) is 0 Å². The molecule has 1 aliphatic rings. The van der Waals surface area contributed by atoms with Gasteiger partial charge in [-0.05, 0) is 37.1 Å². The van der Waals surface area contributed by atoms with Crippen LogP contribution in [-0.2, 0) is 0 Å². The van der Waals surface area contributed by atoms with Gasteiger partial charge < -0.3 is 10.2 Å². The van der Waals surface area contributed by atoms with Crippen LogP contribution < -0.4 is 10.2 Å². The minimum atomic E-state index is 0.286. The normalized spacial score (nSPS) is 14.8. The highest BCUT2D eigenvalue weighted by Crippen LogP contribution is 2.22. The van der Waals surface area contributed by atoms with Gasteiger partial charge >= 0.3 is 0 Å². The molecule has 0 radical (unpaired) electrons. The fraction of sp³-hybridized carbons (Fsp3) is 0.294. The zero-order chi connectivity index (χ0) is 16.1. The number of nitriles is 2. The Morgan fingerprint density at radius 2 is 1.70 bits per heavy atom. The molecule has 114 valence electrons. The van der Waals surface area contributed by atoms with Gasteiger partial charge in [0.05, 0.1) is 11.6 Å². The highest BCUT2D eigenvalue weighted by atomic mass is 15.2. The van der Waals surface area contributed by atoms with E-state index in [1.807, 2.05) is 24.3 Å². The smallest absolute Gasteiger partial charge is 0.182 e. The third-order valence-electron chi connectivity index (χ3n) is 4.00. The van der Waals surface area contributed by atoms with Crippen LogP contribution >= 0.6 is 0 Å².